The number of nitrogens with one attached hydrogen (secondary N) is 1. The van der Waals surface area contributed by atoms with Gasteiger partial charge in [0.05, 0.1) is 0 Å². The van der Waals surface area contributed by atoms with Gasteiger partial charge in [0.25, 0.3) is 0 Å². The van der Waals surface area contributed by atoms with Crippen LogP contribution in [0.3, 0.4) is 0 Å². The van der Waals surface area contributed by atoms with Crippen LogP contribution in [-0.4, -0.2) is 19.4 Å². The summed E-state index contributed by atoms with van der Waals surface area (Å²) in [6.45, 7) is 11.0. The molecule has 1 saturated heterocycles. The Balaban J connectivity index is 0.000000409. The van der Waals surface area contributed by atoms with Crippen LogP contribution < -0.4 is 5.32 Å². The highest BCUT2D eigenvalue weighted by atomic mass is 16.1. The number of rotatable bonds is 4. The molecule has 1 aliphatic carbocycles. The van der Waals surface area contributed by atoms with Crippen LogP contribution in [0.1, 0.15) is 59.8 Å². The first-order chi connectivity index (χ1) is 12.6. The summed E-state index contributed by atoms with van der Waals surface area (Å²) < 4.78 is 0. The van der Waals surface area contributed by atoms with Gasteiger partial charge in [0, 0.05) is 12.3 Å². The molecule has 2 aliphatic rings. The smallest absolute Gasteiger partial charge is 0.124 e. The summed E-state index contributed by atoms with van der Waals surface area (Å²) in [5, 5.41) is 3.38. The molecule has 1 N–H and O–H groups in total. The first-order valence-electron chi connectivity index (χ1n) is 10.1. The Bertz CT molecular complexity index is 458. The van der Waals surface area contributed by atoms with Gasteiger partial charge in [-0.15, -0.1) is 0 Å². The summed E-state index contributed by atoms with van der Waals surface area (Å²) in [5.74, 6) is 1.29. The van der Waals surface area contributed by atoms with Crippen LogP contribution in [0.2, 0.25) is 0 Å². The molecule has 26 heavy (non-hydrogen) atoms. The summed E-state index contributed by atoms with van der Waals surface area (Å²) >= 11 is 0. The number of hydrogen-bond donors (Lipinski definition) is 1. The predicted molar refractivity (Wildman–Crippen MR) is 116 cm³/mol. The highest BCUT2D eigenvalue weighted by molar-refractivity contribution is 5.54. The normalized spacial score (nSPS) is 20.5. The van der Waals surface area contributed by atoms with E-state index in [0.29, 0.717) is 12.3 Å². The molecule has 0 saturated carbocycles. The maximum absolute atomic E-state index is 10.2. The third-order valence-electron chi connectivity index (χ3n) is 4.22. The van der Waals surface area contributed by atoms with Gasteiger partial charge < -0.3 is 10.1 Å². The molecule has 0 amide bonds. The van der Waals surface area contributed by atoms with E-state index < -0.39 is 0 Å². The number of aldehydes is 1. The Kier molecular flexibility index (Phi) is 17.0. The molecule has 1 aliphatic heterocycles. The fourth-order valence-electron chi connectivity index (χ4n) is 2.65. The zero-order valence-corrected chi connectivity index (χ0v) is 17.3. The lowest BCUT2D eigenvalue weighted by atomic mass is 10.0. The van der Waals surface area contributed by atoms with Crippen molar-refractivity contribution in [2.45, 2.75) is 59.8 Å². The van der Waals surface area contributed by atoms with E-state index in [1.54, 1.807) is 0 Å². The SMILES string of the molecule is C/C(=C/C1C=CC=CC=C1)CC=O.C/C=C\CC.CC1CCCNCC1. The molecule has 0 spiro atoms. The Labute approximate surface area is 161 Å². The topological polar surface area (TPSA) is 29.1 Å². The van der Waals surface area contributed by atoms with Crippen LogP contribution in [0.4, 0.5) is 0 Å². The summed E-state index contributed by atoms with van der Waals surface area (Å²) in [7, 11) is 0. The third-order valence-corrected chi connectivity index (χ3v) is 4.22. The second-order valence-electron chi connectivity index (χ2n) is 6.88. The van der Waals surface area contributed by atoms with Gasteiger partial charge >= 0.3 is 0 Å². The van der Waals surface area contributed by atoms with Crippen LogP contribution in [0, 0.1) is 11.8 Å². The number of carbonyl (C=O) groups is 1. The van der Waals surface area contributed by atoms with E-state index >= 15 is 0 Å². The summed E-state index contributed by atoms with van der Waals surface area (Å²) in [5.41, 5.74) is 1.12. The molecule has 2 rings (SSSR count). The maximum atomic E-state index is 10.2. The van der Waals surface area contributed by atoms with Crippen molar-refractivity contribution in [2.24, 2.45) is 11.8 Å². The Morgan fingerprint density at radius 1 is 1.12 bits per heavy atom. The third kappa shape index (κ3) is 15.8. The van der Waals surface area contributed by atoms with Crippen molar-refractivity contribution in [2.75, 3.05) is 13.1 Å². The quantitative estimate of drug-likeness (QED) is 0.480. The van der Waals surface area contributed by atoms with Crippen molar-refractivity contribution in [1.82, 2.24) is 5.32 Å². The molecule has 0 aromatic heterocycles. The van der Waals surface area contributed by atoms with Gasteiger partial charge in [0.15, 0.2) is 0 Å². The van der Waals surface area contributed by atoms with Gasteiger partial charge in [-0.25, -0.2) is 0 Å². The monoisotopic (exact) mass is 357 g/mol. The lowest BCUT2D eigenvalue weighted by Gasteiger charge is -2.02. The van der Waals surface area contributed by atoms with Gasteiger partial charge in [-0.2, -0.15) is 0 Å². The zero-order valence-electron chi connectivity index (χ0n) is 17.3. The van der Waals surface area contributed by atoms with Gasteiger partial charge in [0.2, 0.25) is 0 Å². The Hall–Kier alpha value is -1.67. The van der Waals surface area contributed by atoms with E-state index in [0.717, 1.165) is 24.2 Å². The Morgan fingerprint density at radius 2 is 1.81 bits per heavy atom. The van der Waals surface area contributed by atoms with Crippen LogP contribution in [0.15, 0.2) is 60.3 Å². The van der Waals surface area contributed by atoms with Crippen molar-refractivity contribution >= 4 is 6.29 Å². The lowest BCUT2D eigenvalue weighted by Crippen LogP contribution is -2.13. The molecular formula is C24H39NO. The van der Waals surface area contributed by atoms with Crippen molar-refractivity contribution < 1.29 is 4.79 Å². The predicted octanol–water partition coefficient (Wildman–Crippen LogP) is 6.19. The van der Waals surface area contributed by atoms with E-state index in [1.807, 2.05) is 38.2 Å². The summed E-state index contributed by atoms with van der Waals surface area (Å²) in [6.07, 6.45) is 25.4. The molecule has 1 atom stereocenters. The zero-order chi connectivity index (χ0) is 19.5. The molecule has 146 valence electrons. The fraction of sp³-hybridized carbons (Fsp3) is 0.542. The summed E-state index contributed by atoms with van der Waals surface area (Å²) in [6, 6.07) is 0. The number of allylic oxidation sites excluding steroid dienone is 10. The van der Waals surface area contributed by atoms with Gasteiger partial charge in [-0.3, -0.25) is 0 Å². The standard InChI is InChI=1S/C12H14O.C7H15N.C5H10/c1-11(8-9-13)10-12-6-4-2-3-5-7-12;1-7-3-2-5-8-6-4-7;1-3-5-4-2/h2-7,9-10,12H,8H2,1H3;7-8H,2-6H2,1H3;3,5H,4H2,1-2H3/b11-10-;;5-3-. The van der Waals surface area contributed by atoms with Crippen LogP contribution in [0.25, 0.3) is 0 Å². The van der Waals surface area contributed by atoms with Crippen molar-refractivity contribution in [3.63, 3.8) is 0 Å². The van der Waals surface area contributed by atoms with Crippen molar-refractivity contribution in [3.8, 4) is 0 Å². The van der Waals surface area contributed by atoms with E-state index in [-0.39, 0.29) is 0 Å². The second kappa shape index (κ2) is 18.1. The first-order valence-corrected chi connectivity index (χ1v) is 10.1. The average Bonchev–Trinajstić information content (AvgIpc) is 3.02. The fourth-order valence-corrected chi connectivity index (χ4v) is 2.65. The molecule has 1 heterocycles. The van der Waals surface area contributed by atoms with E-state index in [1.165, 1.54) is 32.4 Å². The number of carbonyl (C=O) groups excluding carboxylic acids is 1. The van der Waals surface area contributed by atoms with Gasteiger partial charge in [-0.05, 0) is 58.5 Å². The van der Waals surface area contributed by atoms with E-state index in [4.69, 9.17) is 0 Å². The van der Waals surface area contributed by atoms with E-state index in [9.17, 15) is 4.79 Å². The minimum Gasteiger partial charge on any atom is -0.317 e. The molecule has 1 fully saturated rings. The minimum atomic E-state index is 0.329. The highest BCUT2D eigenvalue weighted by Crippen LogP contribution is 2.11. The van der Waals surface area contributed by atoms with Crippen LogP contribution >= 0.6 is 0 Å². The first kappa shape index (κ1) is 24.3. The second-order valence-corrected chi connectivity index (χ2v) is 6.88. The van der Waals surface area contributed by atoms with Gasteiger partial charge in [0.1, 0.15) is 6.29 Å². The molecule has 2 nitrogen and oxygen atoms in total. The number of hydrogen-bond acceptors (Lipinski definition) is 2. The van der Waals surface area contributed by atoms with E-state index in [2.05, 4.69) is 49.5 Å². The molecular weight excluding hydrogens is 318 g/mol. The summed E-state index contributed by atoms with van der Waals surface area (Å²) in [4.78, 5) is 10.2. The molecule has 0 aromatic rings. The van der Waals surface area contributed by atoms with Crippen LogP contribution in [0.5, 0.6) is 0 Å². The molecule has 0 aromatic carbocycles. The Morgan fingerprint density at radius 3 is 2.35 bits per heavy atom. The molecule has 2 heteroatoms. The molecule has 0 radical (unpaired) electrons. The average molecular weight is 358 g/mol. The minimum absolute atomic E-state index is 0.329. The maximum Gasteiger partial charge on any atom is 0.124 e. The van der Waals surface area contributed by atoms with Crippen molar-refractivity contribution in [3.05, 3.63) is 60.3 Å². The highest BCUT2D eigenvalue weighted by Gasteiger charge is 2.04. The largest absolute Gasteiger partial charge is 0.317 e. The molecule has 0 bridgehead atoms. The lowest BCUT2D eigenvalue weighted by molar-refractivity contribution is -0.107. The van der Waals surface area contributed by atoms with Gasteiger partial charge in [-0.1, -0.05) is 74.1 Å². The van der Waals surface area contributed by atoms with Crippen LogP contribution in [-0.2, 0) is 4.79 Å². The van der Waals surface area contributed by atoms with Crippen molar-refractivity contribution in [1.29, 1.82) is 0 Å². The molecule has 1 unspecified atom stereocenters.